The molecule has 3 nitrogen and oxygen atoms in total. The maximum Gasteiger partial charge on any atom is 0.220 e. The molecule has 1 fully saturated rings. The minimum atomic E-state index is 0.128. The Morgan fingerprint density at radius 3 is 2.44 bits per heavy atom. The number of aryl methyl sites for hydroxylation is 3. The molecule has 1 heterocycles. The molecule has 144 valence electrons. The second kappa shape index (κ2) is 9.70. The summed E-state index contributed by atoms with van der Waals surface area (Å²) >= 11 is 0. The number of hydrogen-bond acceptors (Lipinski definition) is 2. The minimum Gasteiger partial charge on any atom is -0.352 e. The third-order valence-corrected chi connectivity index (χ3v) is 5.56. The summed E-state index contributed by atoms with van der Waals surface area (Å²) in [6, 6.07) is 15.0. The van der Waals surface area contributed by atoms with Gasteiger partial charge in [0.15, 0.2) is 0 Å². The van der Waals surface area contributed by atoms with Gasteiger partial charge in [-0.25, -0.2) is 0 Å². The molecule has 0 unspecified atom stereocenters. The maximum atomic E-state index is 12.3. The molecule has 1 aliphatic heterocycles. The zero-order chi connectivity index (χ0) is 19.1. The standard InChI is InChI=1S/C24H32N2O/c1-19-10-11-21(20(2)16-19)12-13-24(27)25-17-22-8-4-5-9-23(22)18-26-14-6-3-7-15-26/h4-5,8-11,16H,3,6-7,12-15,17-18H2,1-2H3,(H,25,27). The third kappa shape index (κ3) is 5.93. The molecule has 1 aliphatic rings. The third-order valence-electron chi connectivity index (χ3n) is 5.56. The van der Waals surface area contributed by atoms with Gasteiger partial charge in [0.1, 0.15) is 0 Å². The van der Waals surface area contributed by atoms with E-state index in [9.17, 15) is 4.79 Å². The molecule has 1 amide bonds. The van der Waals surface area contributed by atoms with Crippen LogP contribution in [0.15, 0.2) is 42.5 Å². The lowest BCUT2D eigenvalue weighted by molar-refractivity contribution is -0.121. The van der Waals surface area contributed by atoms with E-state index in [0.717, 1.165) is 13.0 Å². The molecule has 27 heavy (non-hydrogen) atoms. The van der Waals surface area contributed by atoms with Crippen LogP contribution in [0.5, 0.6) is 0 Å². The van der Waals surface area contributed by atoms with Gasteiger partial charge in [0.2, 0.25) is 5.91 Å². The topological polar surface area (TPSA) is 32.3 Å². The number of nitrogens with one attached hydrogen (secondary N) is 1. The van der Waals surface area contributed by atoms with Crippen LogP contribution in [-0.2, 0) is 24.3 Å². The van der Waals surface area contributed by atoms with Crippen LogP contribution < -0.4 is 5.32 Å². The van der Waals surface area contributed by atoms with Gasteiger partial charge in [-0.05, 0) is 68.5 Å². The number of piperidine rings is 1. The number of carbonyl (C=O) groups excluding carboxylic acids is 1. The van der Waals surface area contributed by atoms with Crippen molar-refractivity contribution < 1.29 is 4.79 Å². The van der Waals surface area contributed by atoms with E-state index in [1.54, 1.807) is 0 Å². The van der Waals surface area contributed by atoms with Gasteiger partial charge in [-0.1, -0.05) is 54.4 Å². The van der Waals surface area contributed by atoms with Crippen LogP contribution in [0.4, 0.5) is 0 Å². The fraction of sp³-hybridized carbons (Fsp3) is 0.458. The Bertz CT molecular complexity index is 763. The smallest absolute Gasteiger partial charge is 0.220 e. The molecule has 0 aliphatic carbocycles. The molecule has 3 rings (SSSR count). The van der Waals surface area contributed by atoms with E-state index in [-0.39, 0.29) is 5.91 Å². The van der Waals surface area contributed by atoms with Crippen molar-refractivity contribution in [1.82, 2.24) is 10.2 Å². The summed E-state index contributed by atoms with van der Waals surface area (Å²) in [5.74, 6) is 0.128. The van der Waals surface area contributed by atoms with Crippen molar-refractivity contribution in [3.8, 4) is 0 Å². The number of benzene rings is 2. The molecular formula is C24H32N2O. The van der Waals surface area contributed by atoms with Crippen LogP contribution in [0.3, 0.4) is 0 Å². The summed E-state index contributed by atoms with van der Waals surface area (Å²) in [5, 5.41) is 3.12. The second-order valence-electron chi connectivity index (χ2n) is 7.81. The van der Waals surface area contributed by atoms with Crippen molar-refractivity contribution >= 4 is 5.91 Å². The monoisotopic (exact) mass is 364 g/mol. The molecule has 3 heteroatoms. The molecule has 0 bridgehead atoms. The fourth-order valence-electron chi connectivity index (χ4n) is 3.90. The number of hydrogen-bond donors (Lipinski definition) is 1. The van der Waals surface area contributed by atoms with Gasteiger partial charge >= 0.3 is 0 Å². The van der Waals surface area contributed by atoms with Crippen molar-refractivity contribution in [3.63, 3.8) is 0 Å². The van der Waals surface area contributed by atoms with E-state index in [1.807, 2.05) is 0 Å². The van der Waals surface area contributed by atoms with Gasteiger partial charge in [0.25, 0.3) is 0 Å². The van der Waals surface area contributed by atoms with Crippen LogP contribution in [0.25, 0.3) is 0 Å². The number of amides is 1. The fourth-order valence-corrected chi connectivity index (χ4v) is 3.90. The Balaban J connectivity index is 1.51. The lowest BCUT2D eigenvalue weighted by atomic mass is 10.0. The highest BCUT2D eigenvalue weighted by atomic mass is 16.1. The predicted octanol–water partition coefficient (Wildman–Crippen LogP) is 4.54. The van der Waals surface area contributed by atoms with Crippen molar-refractivity contribution in [2.24, 2.45) is 0 Å². The SMILES string of the molecule is Cc1ccc(CCC(=O)NCc2ccccc2CN2CCCCC2)c(C)c1. The molecule has 0 saturated carbocycles. The average Bonchev–Trinajstić information content (AvgIpc) is 2.67. The Morgan fingerprint density at radius 1 is 0.963 bits per heavy atom. The van der Waals surface area contributed by atoms with Gasteiger partial charge in [-0.2, -0.15) is 0 Å². The molecule has 0 aromatic heterocycles. The average molecular weight is 365 g/mol. The minimum absolute atomic E-state index is 0.128. The lowest BCUT2D eigenvalue weighted by Gasteiger charge is -2.27. The highest BCUT2D eigenvalue weighted by Gasteiger charge is 2.13. The maximum absolute atomic E-state index is 12.3. The van der Waals surface area contributed by atoms with Gasteiger partial charge in [-0.3, -0.25) is 9.69 Å². The predicted molar refractivity (Wildman–Crippen MR) is 112 cm³/mol. The van der Waals surface area contributed by atoms with Crippen molar-refractivity contribution in [1.29, 1.82) is 0 Å². The van der Waals surface area contributed by atoms with E-state index in [2.05, 4.69) is 66.5 Å². The molecule has 0 atom stereocenters. The van der Waals surface area contributed by atoms with Gasteiger partial charge < -0.3 is 5.32 Å². The molecular weight excluding hydrogens is 332 g/mol. The zero-order valence-electron chi connectivity index (χ0n) is 16.8. The number of carbonyl (C=O) groups is 1. The van der Waals surface area contributed by atoms with Crippen molar-refractivity contribution in [2.75, 3.05) is 13.1 Å². The molecule has 1 saturated heterocycles. The first-order valence-electron chi connectivity index (χ1n) is 10.2. The summed E-state index contributed by atoms with van der Waals surface area (Å²) in [6.07, 6.45) is 5.30. The number of rotatable bonds is 7. The van der Waals surface area contributed by atoms with E-state index < -0.39 is 0 Å². The molecule has 0 spiro atoms. The highest BCUT2D eigenvalue weighted by Crippen LogP contribution is 2.16. The summed E-state index contributed by atoms with van der Waals surface area (Å²) in [5.41, 5.74) is 6.39. The number of nitrogens with zero attached hydrogens (tertiary/aromatic N) is 1. The van der Waals surface area contributed by atoms with Gasteiger partial charge in [0.05, 0.1) is 0 Å². The Kier molecular flexibility index (Phi) is 7.05. The molecule has 1 N–H and O–H groups in total. The second-order valence-corrected chi connectivity index (χ2v) is 7.81. The lowest BCUT2D eigenvalue weighted by Crippen LogP contribution is -2.30. The normalized spacial score (nSPS) is 14.9. The van der Waals surface area contributed by atoms with Crippen LogP contribution in [0, 0.1) is 13.8 Å². The van der Waals surface area contributed by atoms with E-state index in [0.29, 0.717) is 13.0 Å². The largest absolute Gasteiger partial charge is 0.352 e. The Labute approximate surface area is 163 Å². The van der Waals surface area contributed by atoms with E-state index in [4.69, 9.17) is 0 Å². The first-order valence-corrected chi connectivity index (χ1v) is 10.2. The van der Waals surface area contributed by atoms with Crippen LogP contribution in [0.1, 0.15) is 53.5 Å². The van der Waals surface area contributed by atoms with E-state index in [1.165, 1.54) is 60.2 Å². The summed E-state index contributed by atoms with van der Waals surface area (Å²) in [4.78, 5) is 14.9. The van der Waals surface area contributed by atoms with Crippen LogP contribution >= 0.6 is 0 Å². The quantitative estimate of drug-likeness (QED) is 0.782. The van der Waals surface area contributed by atoms with Crippen LogP contribution in [-0.4, -0.2) is 23.9 Å². The number of likely N-dealkylation sites (tertiary alicyclic amines) is 1. The first kappa shape index (κ1) is 19.6. The summed E-state index contributed by atoms with van der Waals surface area (Å²) in [6.45, 7) is 8.22. The van der Waals surface area contributed by atoms with Crippen molar-refractivity contribution in [3.05, 3.63) is 70.3 Å². The summed E-state index contributed by atoms with van der Waals surface area (Å²) in [7, 11) is 0. The Hall–Kier alpha value is -2.13. The van der Waals surface area contributed by atoms with E-state index >= 15 is 0 Å². The van der Waals surface area contributed by atoms with Crippen LogP contribution in [0.2, 0.25) is 0 Å². The molecule has 0 radical (unpaired) electrons. The molecule has 2 aromatic carbocycles. The zero-order valence-corrected chi connectivity index (χ0v) is 16.8. The highest BCUT2D eigenvalue weighted by molar-refractivity contribution is 5.76. The van der Waals surface area contributed by atoms with Gasteiger partial charge in [-0.15, -0.1) is 0 Å². The first-order chi connectivity index (χ1) is 13.1. The summed E-state index contributed by atoms with van der Waals surface area (Å²) < 4.78 is 0. The Morgan fingerprint density at radius 2 is 1.70 bits per heavy atom. The molecule has 2 aromatic rings. The van der Waals surface area contributed by atoms with Crippen molar-refractivity contribution in [2.45, 2.75) is 59.0 Å². The van der Waals surface area contributed by atoms with Gasteiger partial charge in [0, 0.05) is 19.5 Å².